The maximum absolute atomic E-state index is 12.6. The van der Waals surface area contributed by atoms with Gasteiger partial charge in [-0.15, -0.1) is 0 Å². The largest absolute Gasteiger partial charge is 0.363 e. The summed E-state index contributed by atoms with van der Waals surface area (Å²) in [5.74, 6) is 1.66. The maximum atomic E-state index is 12.6. The predicted molar refractivity (Wildman–Crippen MR) is 122 cm³/mol. The average molecular weight is 404 g/mol. The molecule has 0 spiro atoms. The van der Waals surface area contributed by atoms with E-state index >= 15 is 0 Å². The fourth-order valence-electron chi connectivity index (χ4n) is 4.13. The highest BCUT2D eigenvalue weighted by Gasteiger charge is 2.23. The smallest absolute Gasteiger partial charge is 0.224 e. The zero-order chi connectivity index (χ0) is 20.9. The predicted octanol–water partition coefficient (Wildman–Crippen LogP) is 3.78. The molecule has 2 N–H and O–H groups in total. The number of hydrogen-bond donors (Lipinski definition) is 2. The number of hydrogen-bond acceptors (Lipinski definition) is 5. The molecule has 30 heavy (non-hydrogen) atoms. The molecule has 1 saturated carbocycles. The molecule has 0 saturated heterocycles. The van der Waals surface area contributed by atoms with Gasteiger partial charge in [0.15, 0.2) is 0 Å². The van der Waals surface area contributed by atoms with E-state index < -0.39 is 0 Å². The van der Waals surface area contributed by atoms with Crippen LogP contribution in [0.15, 0.2) is 54.7 Å². The van der Waals surface area contributed by atoms with E-state index in [1.807, 2.05) is 49.3 Å². The Morgan fingerprint density at radius 1 is 1.00 bits per heavy atom. The second-order valence-electron chi connectivity index (χ2n) is 8.21. The maximum Gasteiger partial charge on any atom is 0.224 e. The molecular formula is C24H29N5O. The third-order valence-electron chi connectivity index (χ3n) is 5.76. The summed E-state index contributed by atoms with van der Waals surface area (Å²) in [5.41, 5.74) is 1.08. The summed E-state index contributed by atoms with van der Waals surface area (Å²) in [6.07, 6.45) is 6.12. The van der Waals surface area contributed by atoms with E-state index in [-0.39, 0.29) is 11.9 Å². The van der Waals surface area contributed by atoms with Gasteiger partial charge in [0.25, 0.3) is 0 Å². The Bertz CT molecular complexity index is 1010. The van der Waals surface area contributed by atoms with Crippen molar-refractivity contribution in [2.24, 2.45) is 0 Å². The minimum Gasteiger partial charge on any atom is -0.363 e. The lowest BCUT2D eigenvalue weighted by Crippen LogP contribution is -2.40. The number of nitrogens with zero attached hydrogens (tertiary/aromatic N) is 3. The summed E-state index contributed by atoms with van der Waals surface area (Å²) < 4.78 is 0. The first-order chi connectivity index (χ1) is 14.6. The summed E-state index contributed by atoms with van der Waals surface area (Å²) in [6.45, 7) is 0. The molecule has 1 aromatic heterocycles. The summed E-state index contributed by atoms with van der Waals surface area (Å²) in [7, 11) is 3.94. The van der Waals surface area contributed by atoms with Crippen LogP contribution in [0.4, 0.5) is 11.8 Å². The number of aromatic nitrogens is 2. The molecule has 156 valence electrons. The van der Waals surface area contributed by atoms with Crippen LogP contribution in [0.1, 0.15) is 31.2 Å². The second kappa shape index (κ2) is 9.11. The lowest BCUT2D eigenvalue weighted by molar-refractivity contribution is -0.121. The molecule has 1 heterocycles. The number of anilines is 2. The van der Waals surface area contributed by atoms with Crippen LogP contribution in [0.2, 0.25) is 0 Å². The number of carbonyl (C=O) groups is 1. The Kier molecular flexibility index (Phi) is 6.12. The number of amides is 1. The van der Waals surface area contributed by atoms with E-state index in [0.717, 1.165) is 42.5 Å². The van der Waals surface area contributed by atoms with Crippen LogP contribution in [-0.4, -0.2) is 42.1 Å². The van der Waals surface area contributed by atoms with Gasteiger partial charge in [0, 0.05) is 32.4 Å². The number of fused-ring (bicyclic) bond motifs is 1. The molecule has 6 heteroatoms. The van der Waals surface area contributed by atoms with Gasteiger partial charge in [-0.2, -0.15) is 4.98 Å². The molecule has 1 aliphatic rings. The molecule has 1 aliphatic carbocycles. The van der Waals surface area contributed by atoms with Crippen LogP contribution in [0.25, 0.3) is 10.8 Å². The van der Waals surface area contributed by atoms with Crippen molar-refractivity contribution < 1.29 is 4.79 Å². The van der Waals surface area contributed by atoms with Gasteiger partial charge < -0.3 is 15.5 Å². The highest BCUT2D eigenvalue weighted by atomic mass is 16.1. The Balaban J connectivity index is 1.28. The van der Waals surface area contributed by atoms with E-state index in [9.17, 15) is 4.79 Å². The Hall–Kier alpha value is -3.15. The van der Waals surface area contributed by atoms with Crippen LogP contribution < -0.4 is 15.5 Å². The van der Waals surface area contributed by atoms with Crippen LogP contribution >= 0.6 is 0 Å². The Labute approximate surface area is 177 Å². The normalized spacial score (nSPS) is 18.7. The Morgan fingerprint density at radius 3 is 2.53 bits per heavy atom. The van der Waals surface area contributed by atoms with Crippen LogP contribution in [0.3, 0.4) is 0 Å². The van der Waals surface area contributed by atoms with Crippen LogP contribution in [0.5, 0.6) is 0 Å². The van der Waals surface area contributed by atoms with Gasteiger partial charge in [0.05, 0.1) is 6.42 Å². The van der Waals surface area contributed by atoms with E-state index in [1.165, 1.54) is 5.39 Å². The van der Waals surface area contributed by atoms with Crippen molar-refractivity contribution >= 4 is 28.4 Å². The molecule has 3 aromatic rings. The fraction of sp³-hybridized carbons (Fsp3) is 0.375. The number of benzene rings is 2. The third kappa shape index (κ3) is 4.87. The summed E-state index contributed by atoms with van der Waals surface area (Å²) in [6, 6.07) is 16.9. The standard InChI is InChI=1S/C24H29N5O/c1-29(2)22-14-15-25-24(28-22)27-20-12-10-19(11-13-20)26-23(30)16-18-8-5-7-17-6-3-4-9-21(17)18/h3-9,14-15,19-20H,10-13,16H2,1-2H3,(H,26,30)(H,25,27,28). The highest BCUT2D eigenvalue weighted by Crippen LogP contribution is 2.23. The van der Waals surface area contributed by atoms with Crippen molar-refractivity contribution in [2.75, 3.05) is 24.3 Å². The molecule has 0 aliphatic heterocycles. The van der Waals surface area contributed by atoms with Crippen molar-refractivity contribution in [3.63, 3.8) is 0 Å². The van der Waals surface area contributed by atoms with Crippen LogP contribution in [0, 0.1) is 0 Å². The van der Waals surface area contributed by atoms with Gasteiger partial charge in [-0.05, 0) is 48.1 Å². The average Bonchev–Trinajstić information content (AvgIpc) is 2.75. The molecule has 2 aromatic carbocycles. The number of carbonyl (C=O) groups excluding carboxylic acids is 1. The van der Waals surface area contributed by atoms with E-state index in [1.54, 1.807) is 6.20 Å². The SMILES string of the molecule is CN(C)c1ccnc(NC2CCC(NC(=O)Cc3cccc4ccccc34)CC2)n1. The van der Waals surface area contributed by atoms with Crippen molar-refractivity contribution in [1.29, 1.82) is 0 Å². The minimum atomic E-state index is 0.102. The molecule has 1 fully saturated rings. The fourth-order valence-corrected chi connectivity index (χ4v) is 4.13. The van der Waals surface area contributed by atoms with E-state index in [2.05, 4.69) is 38.8 Å². The second-order valence-corrected chi connectivity index (χ2v) is 8.21. The lowest BCUT2D eigenvalue weighted by Gasteiger charge is -2.30. The highest BCUT2D eigenvalue weighted by molar-refractivity contribution is 5.90. The topological polar surface area (TPSA) is 70.2 Å². The molecule has 4 rings (SSSR count). The molecular weight excluding hydrogens is 374 g/mol. The Morgan fingerprint density at radius 2 is 1.73 bits per heavy atom. The van der Waals surface area contributed by atoms with Gasteiger partial charge in [0.2, 0.25) is 11.9 Å². The van der Waals surface area contributed by atoms with Gasteiger partial charge in [0.1, 0.15) is 5.82 Å². The first kappa shape index (κ1) is 20.1. The summed E-state index contributed by atoms with van der Waals surface area (Å²) >= 11 is 0. The van der Waals surface area contributed by atoms with Crippen molar-refractivity contribution in [2.45, 2.75) is 44.2 Å². The molecule has 0 atom stereocenters. The van der Waals surface area contributed by atoms with Gasteiger partial charge in [-0.25, -0.2) is 4.98 Å². The minimum absolute atomic E-state index is 0.102. The summed E-state index contributed by atoms with van der Waals surface area (Å²) in [5, 5.41) is 9.02. The summed E-state index contributed by atoms with van der Waals surface area (Å²) in [4.78, 5) is 23.5. The number of rotatable bonds is 6. The molecule has 0 bridgehead atoms. The zero-order valence-corrected chi connectivity index (χ0v) is 17.6. The van der Waals surface area contributed by atoms with Crippen molar-refractivity contribution in [3.05, 3.63) is 60.3 Å². The van der Waals surface area contributed by atoms with Gasteiger partial charge in [-0.1, -0.05) is 42.5 Å². The molecule has 1 amide bonds. The van der Waals surface area contributed by atoms with Crippen molar-refractivity contribution in [1.82, 2.24) is 15.3 Å². The first-order valence-electron chi connectivity index (χ1n) is 10.6. The monoisotopic (exact) mass is 403 g/mol. The molecule has 0 radical (unpaired) electrons. The van der Waals surface area contributed by atoms with Crippen LogP contribution in [-0.2, 0) is 11.2 Å². The molecule has 6 nitrogen and oxygen atoms in total. The first-order valence-corrected chi connectivity index (χ1v) is 10.6. The number of nitrogens with one attached hydrogen (secondary N) is 2. The lowest BCUT2D eigenvalue weighted by atomic mass is 9.91. The zero-order valence-electron chi connectivity index (χ0n) is 17.6. The third-order valence-corrected chi connectivity index (χ3v) is 5.76. The molecule has 0 unspecified atom stereocenters. The quantitative estimate of drug-likeness (QED) is 0.656. The van der Waals surface area contributed by atoms with Crippen molar-refractivity contribution in [3.8, 4) is 0 Å². The van der Waals surface area contributed by atoms with E-state index in [4.69, 9.17) is 0 Å². The van der Waals surface area contributed by atoms with Gasteiger partial charge in [-0.3, -0.25) is 4.79 Å². The van der Waals surface area contributed by atoms with E-state index in [0.29, 0.717) is 18.4 Å². The van der Waals surface area contributed by atoms with Gasteiger partial charge >= 0.3 is 0 Å².